The molecular weight excluding hydrogens is 324 g/mol. The van der Waals surface area contributed by atoms with Crippen LogP contribution in [0, 0.1) is 5.41 Å². The Morgan fingerprint density at radius 1 is 1.21 bits per heavy atom. The Kier molecular flexibility index (Phi) is 5.92. The molecule has 24 heavy (non-hydrogen) atoms. The number of carbonyl (C=O) groups is 2. The van der Waals surface area contributed by atoms with Crippen LogP contribution in [0.25, 0.3) is 0 Å². The van der Waals surface area contributed by atoms with Crippen LogP contribution in [0.15, 0.2) is 24.3 Å². The van der Waals surface area contributed by atoms with E-state index in [1.165, 1.54) is 0 Å². The fraction of sp³-hybridized carbons (Fsp3) is 0.579. The van der Waals surface area contributed by atoms with Gasteiger partial charge in [-0.3, -0.25) is 9.59 Å². The number of likely N-dealkylation sites (N-methyl/N-ethyl adjacent to an activating group) is 1. The summed E-state index contributed by atoms with van der Waals surface area (Å²) in [5.74, 6) is -1.01. The maximum atomic E-state index is 12.4. The van der Waals surface area contributed by atoms with Crippen molar-refractivity contribution in [3.8, 4) is 0 Å². The molecule has 4 nitrogen and oxygen atoms in total. The topological polar surface area (TPSA) is 49.4 Å². The van der Waals surface area contributed by atoms with E-state index in [2.05, 4.69) is 19.2 Å². The van der Waals surface area contributed by atoms with Gasteiger partial charge in [0.25, 0.3) is 0 Å². The van der Waals surface area contributed by atoms with Crippen LogP contribution in [0.1, 0.15) is 58.1 Å². The SMILES string of the molecule is CC(NC(=O)C(=O)N(C)C1CCC(C)(C)CC1)c1ccc(Cl)cc1. The second-order valence-electron chi connectivity index (χ2n) is 7.56. The van der Waals surface area contributed by atoms with Gasteiger partial charge in [0.1, 0.15) is 0 Å². The van der Waals surface area contributed by atoms with E-state index in [-0.39, 0.29) is 12.1 Å². The standard InChI is InChI=1S/C19H27ClN2O2/c1-13(14-5-7-15(20)8-6-14)21-17(23)18(24)22(4)16-9-11-19(2,3)12-10-16/h5-8,13,16H,9-12H2,1-4H3,(H,21,23). The highest BCUT2D eigenvalue weighted by atomic mass is 35.5. The van der Waals surface area contributed by atoms with Crippen LogP contribution < -0.4 is 5.32 Å². The Balaban J connectivity index is 1.91. The third kappa shape index (κ3) is 4.73. The van der Waals surface area contributed by atoms with Crippen LogP contribution in [-0.4, -0.2) is 29.8 Å². The minimum absolute atomic E-state index is 0.155. The maximum Gasteiger partial charge on any atom is 0.311 e. The van der Waals surface area contributed by atoms with Crippen molar-refractivity contribution in [2.75, 3.05) is 7.05 Å². The molecule has 1 aliphatic carbocycles. The number of hydrogen-bond acceptors (Lipinski definition) is 2. The Morgan fingerprint density at radius 3 is 2.29 bits per heavy atom. The molecule has 1 aromatic rings. The molecule has 1 atom stereocenters. The van der Waals surface area contributed by atoms with Gasteiger partial charge < -0.3 is 10.2 Å². The molecule has 0 aromatic heterocycles. The average Bonchev–Trinajstić information content (AvgIpc) is 2.54. The number of halogens is 1. The molecule has 0 saturated heterocycles. The first-order valence-electron chi connectivity index (χ1n) is 8.53. The molecule has 132 valence electrons. The van der Waals surface area contributed by atoms with Crippen molar-refractivity contribution in [3.05, 3.63) is 34.9 Å². The van der Waals surface area contributed by atoms with Crippen LogP contribution >= 0.6 is 11.6 Å². The third-order valence-corrected chi connectivity index (χ3v) is 5.34. The van der Waals surface area contributed by atoms with E-state index in [1.54, 1.807) is 24.1 Å². The van der Waals surface area contributed by atoms with Gasteiger partial charge in [0, 0.05) is 18.1 Å². The molecule has 5 heteroatoms. The molecular formula is C19H27ClN2O2. The quantitative estimate of drug-likeness (QED) is 0.839. The van der Waals surface area contributed by atoms with Crippen molar-refractivity contribution >= 4 is 23.4 Å². The van der Waals surface area contributed by atoms with Gasteiger partial charge in [-0.15, -0.1) is 0 Å². The predicted molar refractivity (Wildman–Crippen MR) is 96.8 cm³/mol. The van der Waals surface area contributed by atoms with E-state index in [0.717, 1.165) is 31.2 Å². The van der Waals surface area contributed by atoms with Gasteiger partial charge >= 0.3 is 11.8 Å². The minimum Gasteiger partial charge on any atom is -0.341 e. The summed E-state index contributed by atoms with van der Waals surface area (Å²) < 4.78 is 0. The van der Waals surface area contributed by atoms with Crippen molar-refractivity contribution in [2.24, 2.45) is 5.41 Å². The lowest BCUT2D eigenvalue weighted by molar-refractivity contribution is -0.147. The summed E-state index contributed by atoms with van der Waals surface area (Å²) in [7, 11) is 1.73. The van der Waals surface area contributed by atoms with Crippen LogP contribution in [0.2, 0.25) is 5.02 Å². The van der Waals surface area contributed by atoms with Crippen LogP contribution in [0.5, 0.6) is 0 Å². The van der Waals surface area contributed by atoms with Crippen molar-refractivity contribution in [3.63, 3.8) is 0 Å². The fourth-order valence-electron chi connectivity index (χ4n) is 3.19. The van der Waals surface area contributed by atoms with Gasteiger partial charge in [0.15, 0.2) is 0 Å². The second-order valence-corrected chi connectivity index (χ2v) is 7.99. The van der Waals surface area contributed by atoms with Crippen LogP contribution in [0.4, 0.5) is 0 Å². The van der Waals surface area contributed by atoms with E-state index >= 15 is 0 Å². The molecule has 1 unspecified atom stereocenters. The maximum absolute atomic E-state index is 12.4. The average molecular weight is 351 g/mol. The number of nitrogens with one attached hydrogen (secondary N) is 1. The lowest BCUT2D eigenvalue weighted by Gasteiger charge is -2.38. The van der Waals surface area contributed by atoms with Crippen molar-refractivity contribution in [1.29, 1.82) is 0 Å². The Hall–Kier alpha value is -1.55. The molecule has 1 fully saturated rings. The molecule has 2 amide bonds. The van der Waals surface area contributed by atoms with E-state index in [1.807, 2.05) is 19.1 Å². The number of rotatable bonds is 3. The van der Waals surface area contributed by atoms with E-state index in [0.29, 0.717) is 10.4 Å². The van der Waals surface area contributed by atoms with Gasteiger partial charge in [-0.2, -0.15) is 0 Å². The van der Waals surface area contributed by atoms with Crippen molar-refractivity contribution in [2.45, 2.75) is 58.5 Å². The number of nitrogens with zero attached hydrogens (tertiary/aromatic N) is 1. The predicted octanol–water partition coefficient (Wildman–Crippen LogP) is 3.94. The highest BCUT2D eigenvalue weighted by Gasteiger charge is 2.32. The van der Waals surface area contributed by atoms with Crippen molar-refractivity contribution in [1.82, 2.24) is 10.2 Å². The van der Waals surface area contributed by atoms with E-state index < -0.39 is 11.8 Å². The molecule has 1 N–H and O–H groups in total. The van der Waals surface area contributed by atoms with E-state index in [4.69, 9.17) is 11.6 Å². The lowest BCUT2D eigenvalue weighted by atomic mass is 9.75. The van der Waals surface area contributed by atoms with E-state index in [9.17, 15) is 9.59 Å². The zero-order valence-electron chi connectivity index (χ0n) is 14.9. The normalized spacial score (nSPS) is 18.7. The summed E-state index contributed by atoms with van der Waals surface area (Å²) in [6, 6.07) is 7.17. The summed E-state index contributed by atoms with van der Waals surface area (Å²) in [6.07, 6.45) is 4.07. The summed E-state index contributed by atoms with van der Waals surface area (Å²) in [6.45, 7) is 6.37. The minimum atomic E-state index is -0.551. The largest absolute Gasteiger partial charge is 0.341 e. The van der Waals surface area contributed by atoms with Gasteiger partial charge in [-0.25, -0.2) is 0 Å². The molecule has 1 aliphatic rings. The summed E-state index contributed by atoms with van der Waals surface area (Å²) in [5, 5.41) is 3.43. The summed E-state index contributed by atoms with van der Waals surface area (Å²) >= 11 is 5.87. The van der Waals surface area contributed by atoms with Gasteiger partial charge in [-0.05, 0) is 55.7 Å². The summed E-state index contributed by atoms with van der Waals surface area (Å²) in [5.41, 5.74) is 1.26. The number of amides is 2. The monoisotopic (exact) mass is 350 g/mol. The number of carbonyl (C=O) groups excluding carboxylic acids is 2. The van der Waals surface area contributed by atoms with Crippen LogP contribution in [0.3, 0.4) is 0 Å². The molecule has 2 rings (SSSR count). The first-order valence-corrected chi connectivity index (χ1v) is 8.90. The molecule has 1 aromatic carbocycles. The van der Waals surface area contributed by atoms with Gasteiger partial charge in [0.2, 0.25) is 0 Å². The molecule has 0 bridgehead atoms. The first kappa shape index (κ1) is 18.8. The lowest BCUT2D eigenvalue weighted by Crippen LogP contribution is -2.47. The van der Waals surface area contributed by atoms with Crippen LogP contribution in [-0.2, 0) is 9.59 Å². The zero-order valence-corrected chi connectivity index (χ0v) is 15.7. The first-order chi connectivity index (χ1) is 11.2. The van der Waals surface area contributed by atoms with Crippen molar-refractivity contribution < 1.29 is 9.59 Å². The molecule has 0 aliphatic heterocycles. The Labute approximate surface area is 149 Å². The fourth-order valence-corrected chi connectivity index (χ4v) is 3.32. The molecule has 0 spiro atoms. The highest BCUT2D eigenvalue weighted by molar-refractivity contribution is 6.35. The second kappa shape index (κ2) is 7.56. The highest BCUT2D eigenvalue weighted by Crippen LogP contribution is 2.36. The Morgan fingerprint density at radius 2 is 1.75 bits per heavy atom. The Bertz CT molecular complexity index is 588. The smallest absolute Gasteiger partial charge is 0.311 e. The summed E-state index contributed by atoms with van der Waals surface area (Å²) in [4.78, 5) is 26.3. The number of benzene rings is 1. The molecule has 0 radical (unpaired) electrons. The molecule has 0 heterocycles. The third-order valence-electron chi connectivity index (χ3n) is 5.09. The molecule has 1 saturated carbocycles. The zero-order chi connectivity index (χ0) is 17.9. The van der Waals surface area contributed by atoms with Gasteiger partial charge in [-0.1, -0.05) is 37.6 Å². The number of hydrogen-bond donors (Lipinski definition) is 1. The van der Waals surface area contributed by atoms with Gasteiger partial charge in [0.05, 0.1) is 6.04 Å².